The van der Waals surface area contributed by atoms with Gasteiger partial charge in [-0.05, 0) is 37.1 Å². The Bertz CT molecular complexity index is 542. The van der Waals surface area contributed by atoms with Crippen molar-refractivity contribution in [3.63, 3.8) is 0 Å². The van der Waals surface area contributed by atoms with Crippen LogP contribution in [0.1, 0.15) is 31.9 Å². The molecule has 0 heterocycles. The summed E-state index contributed by atoms with van der Waals surface area (Å²) in [6, 6.07) is 5.56. The summed E-state index contributed by atoms with van der Waals surface area (Å²) in [5.74, 6) is 0. The number of hydrogen-bond acceptors (Lipinski definition) is 4. The van der Waals surface area contributed by atoms with Crippen LogP contribution in [-0.2, 0) is 21.3 Å². The molecule has 0 aliphatic rings. The van der Waals surface area contributed by atoms with Gasteiger partial charge in [-0.1, -0.05) is 19.9 Å². The minimum absolute atomic E-state index is 0.281. The molecule has 120 valence electrons. The minimum atomic E-state index is -3.48. The number of aryl methyl sites for hydroxylation is 1. The molecule has 0 bridgehead atoms. The van der Waals surface area contributed by atoms with E-state index >= 15 is 0 Å². The maximum Gasteiger partial charge on any atom is 0.240 e. The van der Waals surface area contributed by atoms with Gasteiger partial charge in [0.25, 0.3) is 0 Å². The summed E-state index contributed by atoms with van der Waals surface area (Å²) in [5, 5.41) is 3.31. The smallest absolute Gasteiger partial charge is 0.240 e. The molecule has 0 fully saturated rings. The van der Waals surface area contributed by atoms with Gasteiger partial charge in [-0.25, -0.2) is 13.1 Å². The zero-order valence-electron chi connectivity index (χ0n) is 13.3. The predicted molar refractivity (Wildman–Crippen MR) is 84.8 cm³/mol. The highest BCUT2D eigenvalue weighted by molar-refractivity contribution is 7.89. The third kappa shape index (κ3) is 6.13. The Morgan fingerprint density at radius 1 is 1.29 bits per heavy atom. The van der Waals surface area contributed by atoms with E-state index in [2.05, 4.69) is 23.9 Å². The molecule has 0 radical (unpaired) electrons. The molecule has 0 aromatic heterocycles. The molecular formula is C15H26N2O3S. The largest absolute Gasteiger partial charge is 0.380 e. The molecule has 5 nitrogen and oxygen atoms in total. The summed E-state index contributed by atoms with van der Waals surface area (Å²) < 4.78 is 32.1. The number of benzene rings is 1. The van der Waals surface area contributed by atoms with Crippen molar-refractivity contribution in [1.82, 2.24) is 10.0 Å². The van der Waals surface area contributed by atoms with Crippen molar-refractivity contribution in [2.24, 2.45) is 0 Å². The highest BCUT2D eigenvalue weighted by Gasteiger charge is 2.14. The summed E-state index contributed by atoms with van der Waals surface area (Å²) in [6.45, 7) is 9.88. The molecule has 0 unspecified atom stereocenters. The molecule has 1 aromatic rings. The molecule has 6 heteroatoms. The lowest BCUT2D eigenvalue weighted by atomic mass is 10.1. The van der Waals surface area contributed by atoms with E-state index in [0.717, 1.165) is 11.1 Å². The third-order valence-electron chi connectivity index (χ3n) is 3.07. The van der Waals surface area contributed by atoms with Crippen molar-refractivity contribution < 1.29 is 13.2 Å². The van der Waals surface area contributed by atoms with Gasteiger partial charge in [0, 0.05) is 25.7 Å². The van der Waals surface area contributed by atoms with Crippen LogP contribution < -0.4 is 10.0 Å². The molecule has 21 heavy (non-hydrogen) atoms. The highest BCUT2D eigenvalue weighted by atomic mass is 32.2. The van der Waals surface area contributed by atoms with Crippen LogP contribution >= 0.6 is 0 Å². The van der Waals surface area contributed by atoms with E-state index in [1.807, 2.05) is 19.9 Å². The van der Waals surface area contributed by atoms with Crippen LogP contribution in [0.15, 0.2) is 23.1 Å². The van der Waals surface area contributed by atoms with E-state index in [1.54, 1.807) is 12.1 Å². The van der Waals surface area contributed by atoms with E-state index in [0.29, 0.717) is 30.7 Å². The maximum absolute atomic E-state index is 12.2. The predicted octanol–water partition coefficient (Wildman–Crippen LogP) is 1.81. The van der Waals surface area contributed by atoms with Crippen LogP contribution in [0.25, 0.3) is 0 Å². The van der Waals surface area contributed by atoms with Crippen molar-refractivity contribution in [2.75, 3.05) is 19.8 Å². The minimum Gasteiger partial charge on any atom is -0.380 e. The van der Waals surface area contributed by atoms with E-state index in [4.69, 9.17) is 4.74 Å². The Morgan fingerprint density at radius 2 is 2.00 bits per heavy atom. The fraction of sp³-hybridized carbons (Fsp3) is 0.600. The second-order valence-corrected chi connectivity index (χ2v) is 6.99. The van der Waals surface area contributed by atoms with E-state index in [9.17, 15) is 8.42 Å². The van der Waals surface area contributed by atoms with Crippen LogP contribution in [0.5, 0.6) is 0 Å². The van der Waals surface area contributed by atoms with Gasteiger partial charge in [0.05, 0.1) is 11.5 Å². The van der Waals surface area contributed by atoms with Crippen molar-refractivity contribution in [2.45, 2.75) is 45.2 Å². The topological polar surface area (TPSA) is 67.4 Å². The first kappa shape index (κ1) is 18.1. The zero-order chi connectivity index (χ0) is 15.9. The Balaban J connectivity index is 2.79. The maximum atomic E-state index is 12.2. The van der Waals surface area contributed by atoms with Gasteiger partial charge in [-0.3, -0.25) is 0 Å². The van der Waals surface area contributed by atoms with Crippen LogP contribution in [0.3, 0.4) is 0 Å². The fourth-order valence-corrected chi connectivity index (χ4v) is 2.86. The summed E-state index contributed by atoms with van der Waals surface area (Å²) >= 11 is 0. The molecule has 2 N–H and O–H groups in total. The van der Waals surface area contributed by atoms with Gasteiger partial charge in [0.2, 0.25) is 10.0 Å². The summed E-state index contributed by atoms with van der Waals surface area (Å²) in [7, 11) is -3.48. The molecule has 1 rings (SSSR count). The standard InChI is InChI=1S/C15H26N2O3S/c1-5-20-9-8-17-21(18,19)15-7-6-13(4)14(10-15)11-16-12(2)3/h6-7,10,12,16-17H,5,8-9,11H2,1-4H3. The Labute approximate surface area is 128 Å². The quantitative estimate of drug-likeness (QED) is 0.682. The summed E-state index contributed by atoms with van der Waals surface area (Å²) in [5.41, 5.74) is 2.08. The van der Waals surface area contributed by atoms with Crippen LogP contribution in [0, 0.1) is 6.92 Å². The first-order valence-electron chi connectivity index (χ1n) is 7.27. The molecule has 0 amide bonds. The Kier molecular flexibility index (Phi) is 7.31. The van der Waals surface area contributed by atoms with Crippen LogP contribution in [0.2, 0.25) is 0 Å². The average molecular weight is 314 g/mol. The molecule has 0 atom stereocenters. The van der Waals surface area contributed by atoms with Crippen molar-refractivity contribution in [3.8, 4) is 0 Å². The number of ether oxygens (including phenoxy) is 1. The molecule has 0 aliphatic heterocycles. The summed E-state index contributed by atoms with van der Waals surface area (Å²) in [4.78, 5) is 0.296. The van der Waals surface area contributed by atoms with Crippen LogP contribution in [0.4, 0.5) is 0 Å². The highest BCUT2D eigenvalue weighted by Crippen LogP contribution is 2.15. The second kappa shape index (κ2) is 8.48. The van der Waals surface area contributed by atoms with Gasteiger partial charge < -0.3 is 10.1 Å². The monoisotopic (exact) mass is 314 g/mol. The lowest BCUT2D eigenvalue weighted by molar-refractivity contribution is 0.153. The number of sulfonamides is 1. The van der Waals surface area contributed by atoms with E-state index in [-0.39, 0.29) is 6.54 Å². The van der Waals surface area contributed by atoms with Gasteiger partial charge >= 0.3 is 0 Å². The van der Waals surface area contributed by atoms with Gasteiger partial charge in [0.1, 0.15) is 0 Å². The normalized spacial score (nSPS) is 12.0. The van der Waals surface area contributed by atoms with Crippen molar-refractivity contribution >= 4 is 10.0 Å². The Hall–Kier alpha value is -0.950. The molecule has 0 saturated heterocycles. The van der Waals surface area contributed by atoms with Crippen LogP contribution in [-0.4, -0.2) is 34.2 Å². The second-order valence-electron chi connectivity index (χ2n) is 5.22. The molecule has 1 aromatic carbocycles. The first-order valence-corrected chi connectivity index (χ1v) is 8.75. The summed E-state index contributed by atoms with van der Waals surface area (Å²) in [6.07, 6.45) is 0. The van der Waals surface area contributed by atoms with E-state index < -0.39 is 10.0 Å². The average Bonchev–Trinajstić information content (AvgIpc) is 2.42. The lowest BCUT2D eigenvalue weighted by Crippen LogP contribution is -2.28. The fourth-order valence-electron chi connectivity index (χ4n) is 1.80. The molecular weight excluding hydrogens is 288 g/mol. The number of nitrogens with one attached hydrogen (secondary N) is 2. The van der Waals surface area contributed by atoms with Crippen molar-refractivity contribution in [1.29, 1.82) is 0 Å². The lowest BCUT2D eigenvalue weighted by Gasteiger charge is -2.13. The SMILES string of the molecule is CCOCCNS(=O)(=O)c1ccc(C)c(CNC(C)C)c1. The molecule has 0 aliphatic carbocycles. The van der Waals surface area contributed by atoms with Gasteiger partial charge in [-0.15, -0.1) is 0 Å². The molecule has 0 spiro atoms. The van der Waals surface area contributed by atoms with E-state index in [1.165, 1.54) is 0 Å². The number of rotatable bonds is 9. The Morgan fingerprint density at radius 3 is 2.62 bits per heavy atom. The van der Waals surface area contributed by atoms with Gasteiger partial charge in [-0.2, -0.15) is 0 Å². The number of hydrogen-bond donors (Lipinski definition) is 2. The molecule has 0 saturated carbocycles. The third-order valence-corrected chi connectivity index (χ3v) is 4.53. The van der Waals surface area contributed by atoms with Crippen molar-refractivity contribution in [3.05, 3.63) is 29.3 Å². The first-order chi connectivity index (χ1) is 9.86. The van der Waals surface area contributed by atoms with Gasteiger partial charge in [0.15, 0.2) is 0 Å². The zero-order valence-corrected chi connectivity index (χ0v) is 14.1.